The average molecular weight is 299 g/mol. The van der Waals surface area contributed by atoms with Gasteiger partial charge in [-0.3, -0.25) is 0 Å². The van der Waals surface area contributed by atoms with Crippen molar-refractivity contribution in [2.75, 3.05) is 0 Å². The lowest BCUT2D eigenvalue weighted by atomic mass is 10.1. The van der Waals surface area contributed by atoms with Gasteiger partial charge < -0.3 is 10.2 Å². The zero-order chi connectivity index (χ0) is 14.3. The molecular formula is C14H12Cl2O3. The molecule has 0 aliphatic rings. The highest BCUT2D eigenvalue weighted by Gasteiger charge is 2.05. The van der Waals surface area contributed by atoms with Crippen LogP contribution in [-0.4, -0.2) is 21.0 Å². The zero-order valence-corrected chi connectivity index (χ0v) is 11.3. The van der Waals surface area contributed by atoms with Gasteiger partial charge in [-0.15, -0.1) is 0 Å². The maximum absolute atomic E-state index is 9.44. The minimum atomic E-state index is -1.29. The highest BCUT2D eigenvalue weighted by Crippen LogP contribution is 2.20. The normalized spacial score (nSPS) is 9.63. The van der Waals surface area contributed by atoms with Crippen molar-refractivity contribution in [3.63, 3.8) is 0 Å². The van der Waals surface area contributed by atoms with Gasteiger partial charge >= 0.3 is 5.97 Å². The predicted molar refractivity (Wildman–Crippen MR) is 76.7 cm³/mol. The van der Waals surface area contributed by atoms with Crippen LogP contribution in [0.1, 0.15) is 0 Å². The van der Waals surface area contributed by atoms with Gasteiger partial charge in [-0.1, -0.05) is 65.7 Å². The van der Waals surface area contributed by atoms with Crippen molar-refractivity contribution in [2.45, 2.75) is 4.84 Å². The van der Waals surface area contributed by atoms with Crippen molar-refractivity contribution in [3.05, 3.63) is 54.6 Å². The van der Waals surface area contributed by atoms with E-state index < -0.39 is 10.8 Å². The Bertz CT molecular complexity index is 510. The van der Waals surface area contributed by atoms with Gasteiger partial charge in [0.2, 0.25) is 4.84 Å². The number of carboxylic acids is 1. The highest BCUT2D eigenvalue weighted by molar-refractivity contribution is 6.52. The SMILES string of the molecule is O=C(O)C(Cl)Cl.Oc1ccc(-c2ccccc2)cc1. The van der Waals surface area contributed by atoms with Gasteiger partial charge in [0.15, 0.2) is 0 Å². The maximum atomic E-state index is 9.44. The second-order valence-electron chi connectivity index (χ2n) is 3.55. The number of hydrogen-bond acceptors (Lipinski definition) is 2. The fourth-order valence-electron chi connectivity index (χ4n) is 1.28. The molecule has 19 heavy (non-hydrogen) atoms. The first-order valence-corrected chi connectivity index (χ1v) is 6.23. The third kappa shape index (κ3) is 5.64. The monoisotopic (exact) mass is 298 g/mol. The lowest BCUT2D eigenvalue weighted by Gasteiger charge is -2.00. The molecule has 100 valence electrons. The number of aliphatic carboxylic acids is 1. The van der Waals surface area contributed by atoms with E-state index in [1.54, 1.807) is 12.1 Å². The Morgan fingerprint density at radius 2 is 1.32 bits per heavy atom. The molecule has 2 rings (SSSR count). The quantitative estimate of drug-likeness (QED) is 0.826. The van der Waals surface area contributed by atoms with Crippen LogP contribution in [0.5, 0.6) is 5.75 Å². The van der Waals surface area contributed by atoms with Crippen molar-refractivity contribution in [3.8, 4) is 16.9 Å². The summed E-state index contributed by atoms with van der Waals surface area (Å²) in [6.45, 7) is 0. The van der Waals surface area contributed by atoms with Crippen molar-refractivity contribution < 1.29 is 15.0 Å². The first kappa shape index (κ1) is 15.3. The molecule has 2 aromatic carbocycles. The number of alkyl halides is 2. The van der Waals surface area contributed by atoms with E-state index in [1.807, 2.05) is 42.5 Å². The smallest absolute Gasteiger partial charge is 0.337 e. The molecule has 5 heteroatoms. The Labute approximate surface area is 121 Å². The molecule has 0 heterocycles. The fraction of sp³-hybridized carbons (Fsp3) is 0.0714. The molecule has 0 radical (unpaired) electrons. The molecule has 0 unspecified atom stereocenters. The van der Waals surface area contributed by atoms with E-state index in [1.165, 1.54) is 5.56 Å². The maximum Gasteiger partial charge on any atom is 0.337 e. The van der Waals surface area contributed by atoms with Gasteiger partial charge in [0.25, 0.3) is 0 Å². The zero-order valence-electron chi connectivity index (χ0n) is 9.83. The number of phenols is 1. The number of rotatable bonds is 2. The van der Waals surface area contributed by atoms with E-state index in [-0.39, 0.29) is 0 Å². The van der Waals surface area contributed by atoms with E-state index >= 15 is 0 Å². The molecule has 0 atom stereocenters. The summed E-state index contributed by atoms with van der Waals surface area (Å²) in [6, 6.07) is 17.3. The molecule has 0 aliphatic heterocycles. The van der Waals surface area contributed by atoms with Crippen LogP contribution in [0.25, 0.3) is 11.1 Å². The molecule has 0 spiro atoms. The molecule has 3 nitrogen and oxygen atoms in total. The third-order valence-corrected chi connectivity index (χ3v) is 2.53. The topological polar surface area (TPSA) is 57.5 Å². The molecule has 2 N–H and O–H groups in total. The number of halogens is 2. The van der Waals surface area contributed by atoms with Gasteiger partial charge in [-0.05, 0) is 23.3 Å². The van der Waals surface area contributed by atoms with Crippen LogP contribution in [0.3, 0.4) is 0 Å². The minimum absolute atomic E-state index is 0.305. The van der Waals surface area contributed by atoms with E-state index in [2.05, 4.69) is 0 Å². The molecule has 0 bridgehead atoms. The third-order valence-electron chi connectivity index (χ3n) is 2.16. The van der Waals surface area contributed by atoms with E-state index in [0.717, 1.165) is 5.56 Å². The van der Waals surface area contributed by atoms with Crippen molar-refractivity contribution in [2.24, 2.45) is 0 Å². The largest absolute Gasteiger partial charge is 0.508 e. The minimum Gasteiger partial charge on any atom is -0.508 e. The highest BCUT2D eigenvalue weighted by atomic mass is 35.5. The second-order valence-corrected chi connectivity index (χ2v) is 4.65. The first-order valence-electron chi connectivity index (χ1n) is 5.36. The number of hydrogen-bond donors (Lipinski definition) is 2. The summed E-state index contributed by atoms with van der Waals surface area (Å²) in [6.07, 6.45) is 0. The molecule has 0 saturated heterocycles. The van der Waals surface area contributed by atoms with Crippen LogP contribution in [0.2, 0.25) is 0 Å². The first-order chi connectivity index (χ1) is 9.00. The molecule has 0 amide bonds. The summed E-state index contributed by atoms with van der Waals surface area (Å²) < 4.78 is 0. The molecular weight excluding hydrogens is 287 g/mol. The summed E-state index contributed by atoms with van der Waals surface area (Å²) in [5.41, 5.74) is 2.29. The second kappa shape index (κ2) is 7.67. The van der Waals surface area contributed by atoms with Crippen molar-refractivity contribution in [1.29, 1.82) is 0 Å². The fourth-order valence-corrected chi connectivity index (χ4v) is 1.28. The lowest BCUT2D eigenvalue weighted by Crippen LogP contribution is -2.03. The number of carboxylic acid groups (broad SMARTS) is 1. The summed E-state index contributed by atoms with van der Waals surface area (Å²) >= 11 is 9.56. The molecule has 2 aromatic rings. The van der Waals surface area contributed by atoms with Crippen LogP contribution in [0.4, 0.5) is 0 Å². The van der Waals surface area contributed by atoms with E-state index in [9.17, 15) is 4.79 Å². The number of benzene rings is 2. The number of aromatic hydroxyl groups is 1. The summed E-state index contributed by atoms with van der Waals surface area (Å²) in [4.78, 5) is 8.15. The summed E-state index contributed by atoms with van der Waals surface area (Å²) in [5, 5.41) is 16.8. The van der Waals surface area contributed by atoms with Crippen LogP contribution in [0, 0.1) is 0 Å². The summed E-state index contributed by atoms with van der Waals surface area (Å²) in [5.74, 6) is -0.905. The number of carbonyl (C=O) groups is 1. The predicted octanol–water partition coefficient (Wildman–Crippen LogP) is 3.93. The Hall–Kier alpha value is -1.71. The Kier molecular flexibility index (Phi) is 6.19. The van der Waals surface area contributed by atoms with Crippen LogP contribution in [-0.2, 0) is 4.79 Å². The standard InChI is InChI=1S/C12H10O.C2H2Cl2O2/c13-12-8-6-11(7-9-12)10-4-2-1-3-5-10;3-1(4)2(5)6/h1-9,13H;1H,(H,5,6). The van der Waals surface area contributed by atoms with Gasteiger partial charge in [0.1, 0.15) is 5.75 Å². The van der Waals surface area contributed by atoms with E-state index in [4.69, 9.17) is 33.4 Å². The molecule has 0 saturated carbocycles. The van der Waals surface area contributed by atoms with Gasteiger partial charge in [-0.2, -0.15) is 0 Å². The Balaban J connectivity index is 0.000000258. The average Bonchev–Trinajstić information content (AvgIpc) is 2.41. The van der Waals surface area contributed by atoms with E-state index in [0.29, 0.717) is 5.75 Å². The van der Waals surface area contributed by atoms with Gasteiger partial charge in [0.05, 0.1) is 0 Å². The van der Waals surface area contributed by atoms with Crippen LogP contribution in [0.15, 0.2) is 54.6 Å². The molecule has 0 fully saturated rings. The van der Waals surface area contributed by atoms with Gasteiger partial charge in [0, 0.05) is 0 Å². The van der Waals surface area contributed by atoms with Crippen molar-refractivity contribution >= 4 is 29.2 Å². The van der Waals surface area contributed by atoms with Gasteiger partial charge in [-0.25, -0.2) is 4.79 Å². The van der Waals surface area contributed by atoms with Crippen molar-refractivity contribution in [1.82, 2.24) is 0 Å². The molecule has 0 aliphatic carbocycles. The molecule has 0 aromatic heterocycles. The summed E-state index contributed by atoms with van der Waals surface area (Å²) in [7, 11) is 0. The van der Waals surface area contributed by atoms with Crippen LogP contribution >= 0.6 is 23.2 Å². The Morgan fingerprint density at radius 3 is 1.74 bits per heavy atom. The lowest BCUT2D eigenvalue weighted by molar-refractivity contribution is -0.135. The number of phenolic OH excluding ortho intramolecular Hbond substituents is 1. The van der Waals surface area contributed by atoms with Crippen LogP contribution < -0.4 is 0 Å². The Morgan fingerprint density at radius 1 is 0.895 bits per heavy atom.